The Morgan fingerprint density at radius 3 is 2.90 bits per heavy atom. The number of benzene rings is 1. The first kappa shape index (κ1) is 15.7. The van der Waals surface area contributed by atoms with E-state index in [2.05, 4.69) is 5.32 Å². The van der Waals surface area contributed by atoms with E-state index in [0.29, 0.717) is 31.2 Å². The number of rotatable bonds is 4. The SMILES string of the molecule is CN(Cc1cccc(Cl)c1)S(=O)(=O)N1CCCNCC1. The van der Waals surface area contributed by atoms with E-state index in [-0.39, 0.29) is 0 Å². The van der Waals surface area contributed by atoms with Gasteiger partial charge in [-0.25, -0.2) is 0 Å². The summed E-state index contributed by atoms with van der Waals surface area (Å²) >= 11 is 5.93. The lowest BCUT2D eigenvalue weighted by molar-refractivity contribution is 0.368. The van der Waals surface area contributed by atoms with Gasteiger partial charge in [0.05, 0.1) is 0 Å². The van der Waals surface area contributed by atoms with Crippen molar-refractivity contribution in [2.24, 2.45) is 0 Å². The van der Waals surface area contributed by atoms with Gasteiger partial charge in [-0.15, -0.1) is 0 Å². The van der Waals surface area contributed by atoms with Crippen molar-refractivity contribution in [1.82, 2.24) is 13.9 Å². The molecule has 1 heterocycles. The average Bonchev–Trinajstić information content (AvgIpc) is 2.67. The molecule has 0 aromatic heterocycles. The highest BCUT2D eigenvalue weighted by molar-refractivity contribution is 7.86. The Kier molecular flexibility index (Phi) is 5.40. The van der Waals surface area contributed by atoms with Gasteiger partial charge >= 0.3 is 0 Å². The molecule has 5 nitrogen and oxygen atoms in total. The van der Waals surface area contributed by atoms with Gasteiger partial charge in [-0.3, -0.25) is 0 Å². The maximum absolute atomic E-state index is 12.5. The molecule has 0 atom stereocenters. The minimum absolute atomic E-state index is 0.326. The Bertz CT molecular complexity index is 542. The Balaban J connectivity index is 2.08. The number of hydrogen-bond acceptors (Lipinski definition) is 3. The second-order valence-electron chi connectivity index (χ2n) is 4.90. The fourth-order valence-electron chi connectivity index (χ4n) is 2.22. The van der Waals surface area contributed by atoms with Crippen molar-refractivity contribution >= 4 is 21.8 Å². The Morgan fingerprint density at radius 1 is 1.35 bits per heavy atom. The summed E-state index contributed by atoms with van der Waals surface area (Å²) in [5.74, 6) is 0. The quantitative estimate of drug-likeness (QED) is 0.911. The van der Waals surface area contributed by atoms with Crippen LogP contribution in [-0.4, -0.2) is 50.3 Å². The highest BCUT2D eigenvalue weighted by Gasteiger charge is 2.27. The Hall–Kier alpha value is -0.660. The molecular weight excluding hydrogens is 298 g/mol. The zero-order chi connectivity index (χ0) is 14.6. The van der Waals surface area contributed by atoms with Crippen LogP contribution in [0.1, 0.15) is 12.0 Å². The summed E-state index contributed by atoms with van der Waals surface area (Å²) in [6.45, 7) is 2.97. The van der Waals surface area contributed by atoms with E-state index in [4.69, 9.17) is 11.6 Å². The fourth-order valence-corrected chi connectivity index (χ4v) is 3.82. The number of nitrogens with one attached hydrogen (secondary N) is 1. The molecule has 0 aliphatic carbocycles. The summed E-state index contributed by atoms with van der Waals surface area (Å²) in [5, 5.41) is 3.82. The second-order valence-corrected chi connectivity index (χ2v) is 7.37. The summed E-state index contributed by atoms with van der Waals surface area (Å²) in [6, 6.07) is 7.27. The number of nitrogens with zero attached hydrogens (tertiary/aromatic N) is 2. The van der Waals surface area contributed by atoms with E-state index >= 15 is 0 Å². The molecule has 20 heavy (non-hydrogen) atoms. The third-order valence-corrected chi connectivity index (χ3v) is 5.48. The van der Waals surface area contributed by atoms with Gasteiger partial charge in [0.2, 0.25) is 0 Å². The van der Waals surface area contributed by atoms with Crippen molar-refractivity contribution in [1.29, 1.82) is 0 Å². The molecule has 1 aliphatic rings. The molecule has 2 rings (SSSR count). The summed E-state index contributed by atoms with van der Waals surface area (Å²) in [5.41, 5.74) is 0.886. The van der Waals surface area contributed by atoms with Crippen LogP contribution in [0.5, 0.6) is 0 Å². The van der Waals surface area contributed by atoms with E-state index in [0.717, 1.165) is 18.5 Å². The van der Waals surface area contributed by atoms with Crippen LogP contribution in [-0.2, 0) is 16.8 Å². The van der Waals surface area contributed by atoms with E-state index in [9.17, 15) is 8.42 Å². The van der Waals surface area contributed by atoms with E-state index in [1.165, 1.54) is 8.61 Å². The van der Waals surface area contributed by atoms with Gasteiger partial charge in [0, 0.05) is 38.2 Å². The molecule has 1 aromatic rings. The third-order valence-electron chi connectivity index (χ3n) is 3.31. The Labute approximate surface area is 125 Å². The standard InChI is InChI=1S/C13H20ClN3O2S/c1-16(11-12-4-2-5-13(14)10-12)20(18,19)17-8-3-6-15-7-9-17/h2,4-5,10,15H,3,6-9,11H2,1H3. The zero-order valence-electron chi connectivity index (χ0n) is 11.5. The van der Waals surface area contributed by atoms with Crippen molar-refractivity contribution in [2.75, 3.05) is 33.2 Å². The van der Waals surface area contributed by atoms with Gasteiger partial charge in [0.15, 0.2) is 0 Å². The van der Waals surface area contributed by atoms with Crippen molar-refractivity contribution in [2.45, 2.75) is 13.0 Å². The van der Waals surface area contributed by atoms with E-state index < -0.39 is 10.2 Å². The van der Waals surface area contributed by atoms with E-state index in [1.54, 1.807) is 19.2 Å². The van der Waals surface area contributed by atoms with Gasteiger partial charge < -0.3 is 5.32 Å². The smallest absolute Gasteiger partial charge is 0.282 e. The molecule has 0 unspecified atom stereocenters. The van der Waals surface area contributed by atoms with Gasteiger partial charge in [-0.1, -0.05) is 23.7 Å². The molecule has 7 heteroatoms. The largest absolute Gasteiger partial charge is 0.315 e. The van der Waals surface area contributed by atoms with Gasteiger partial charge in [0.25, 0.3) is 10.2 Å². The normalized spacial score (nSPS) is 18.1. The first-order valence-electron chi connectivity index (χ1n) is 6.67. The second kappa shape index (κ2) is 6.87. The summed E-state index contributed by atoms with van der Waals surface area (Å²) in [6.07, 6.45) is 0.838. The first-order chi connectivity index (χ1) is 9.50. The molecule has 1 saturated heterocycles. The summed E-state index contributed by atoms with van der Waals surface area (Å²) < 4.78 is 28.0. The first-order valence-corrected chi connectivity index (χ1v) is 8.44. The van der Waals surface area contributed by atoms with Crippen LogP contribution >= 0.6 is 11.6 Å². The topological polar surface area (TPSA) is 52.7 Å². The third kappa shape index (κ3) is 3.93. The lowest BCUT2D eigenvalue weighted by Crippen LogP contribution is -2.43. The molecule has 0 spiro atoms. The summed E-state index contributed by atoms with van der Waals surface area (Å²) in [4.78, 5) is 0. The van der Waals surface area contributed by atoms with Crippen molar-refractivity contribution in [3.05, 3.63) is 34.9 Å². The predicted octanol–water partition coefficient (Wildman–Crippen LogP) is 1.31. The molecular formula is C13H20ClN3O2S. The Morgan fingerprint density at radius 2 is 2.15 bits per heavy atom. The molecule has 0 bridgehead atoms. The molecule has 1 fully saturated rings. The van der Waals surface area contributed by atoms with Crippen molar-refractivity contribution in [3.8, 4) is 0 Å². The maximum atomic E-state index is 12.5. The van der Waals surface area contributed by atoms with Crippen LogP contribution in [0, 0.1) is 0 Å². The lowest BCUT2D eigenvalue weighted by atomic mass is 10.2. The van der Waals surface area contributed by atoms with Crippen LogP contribution in [0.4, 0.5) is 0 Å². The monoisotopic (exact) mass is 317 g/mol. The molecule has 112 valence electrons. The minimum atomic E-state index is -3.41. The lowest BCUT2D eigenvalue weighted by Gasteiger charge is -2.26. The van der Waals surface area contributed by atoms with Crippen molar-refractivity contribution < 1.29 is 8.42 Å². The molecule has 1 aliphatic heterocycles. The molecule has 1 aromatic carbocycles. The molecule has 0 saturated carbocycles. The number of halogens is 1. The summed E-state index contributed by atoms with van der Waals surface area (Å²) in [7, 11) is -1.81. The van der Waals surface area contributed by atoms with Crippen LogP contribution < -0.4 is 5.32 Å². The maximum Gasteiger partial charge on any atom is 0.282 e. The highest BCUT2D eigenvalue weighted by atomic mass is 35.5. The van der Waals surface area contributed by atoms with Gasteiger partial charge in [0.1, 0.15) is 0 Å². The molecule has 0 radical (unpaired) electrons. The average molecular weight is 318 g/mol. The van der Waals surface area contributed by atoms with Crippen molar-refractivity contribution in [3.63, 3.8) is 0 Å². The van der Waals surface area contributed by atoms with Gasteiger partial charge in [-0.2, -0.15) is 17.0 Å². The minimum Gasteiger partial charge on any atom is -0.315 e. The van der Waals surface area contributed by atoms with Crippen LogP contribution in [0.3, 0.4) is 0 Å². The highest BCUT2D eigenvalue weighted by Crippen LogP contribution is 2.15. The van der Waals surface area contributed by atoms with E-state index in [1.807, 2.05) is 12.1 Å². The van der Waals surface area contributed by atoms with Crippen LogP contribution in [0.25, 0.3) is 0 Å². The fraction of sp³-hybridized carbons (Fsp3) is 0.538. The zero-order valence-corrected chi connectivity index (χ0v) is 13.1. The molecule has 0 amide bonds. The van der Waals surface area contributed by atoms with Crippen LogP contribution in [0.2, 0.25) is 5.02 Å². The molecule has 1 N–H and O–H groups in total. The van der Waals surface area contributed by atoms with Crippen LogP contribution in [0.15, 0.2) is 24.3 Å². The number of hydrogen-bond donors (Lipinski definition) is 1. The predicted molar refractivity (Wildman–Crippen MR) is 80.9 cm³/mol. The van der Waals surface area contributed by atoms with Gasteiger partial charge in [-0.05, 0) is 30.7 Å².